The highest BCUT2D eigenvalue weighted by molar-refractivity contribution is 7.90. The summed E-state index contributed by atoms with van der Waals surface area (Å²) in [5.74, 6) is -0.721. The van der Waals surface area contributed by atoms with Crippen LogP contribution in [0.4, 0.5) is 13.2 Å². The first-order valence-corrected chi connectivity index (χ1v) is 9.28. The molecule has 0 atom stereocenters. The van der Waals surface area contributed by atoms with Crippen LogP contribution in [-0.4, -0.2) is 32.4 Å². The fourth-order valence-electron chi connectivity index (χ4n) is 4.88. The minimum absolute atomic E-state index is 0.461. The Hall–Kier alpha value is -1.32. The van der Waals surface area contributed by atoms with E-state index < -0.39 is 39.4 Å². The van der Waals surface area contributed by atoms with E-state index >= 15 is 0 Å². The molecule has 10 heteroatoms. The summed E-state index contributed by atoms with van der Waals surface area (Å²) in [6.07, 6.45) is 5.32. The summed E-state index contributed by atoms with van der Waals surface area (Å²) in [5, 5.41) is 0. The Morgan fingerprint density at radius 2 is 1.50 bits per heavy atom. The van der Waals surface area contributed by atoms with E-state index in [1.807, 2.05) is 0 Å². The number of esters is 1. The molecule has 4 aliphatic rings. The Morgan fingerprint density at radius 1 is 1.04 bits per heavy atom. The smallest absolute Gasteiger partial charge is 0.455 e. The van der Waals surface area contributed by atoms with Gasteiger partial charge in [0.15, 0.2) is 6.61 Å². The second kappa shape index (κ2) is 5.60. The van der Waals surface area contributed by atoms with Crippen LogP contribution >= 0.6 is 0 Å². The minimum atomic E-state index is -5.78. The number of hydrogen-bond acceptors (Lipinski definition) is 5. The summed E-state index contributed by atoms with van der Waals surface area (Å²) in [5.41, 5.74) is -6.25. The highest BCUT2D eigenvalue weighted by Crippen LogP contribution is 2.60. The molecule has 24 heavy (non-hydrogen) atoms. The Kier molecular flexibility index (Phi) is 4.09. The summed E-state index contributed by atoms with van der Waals surface area (Å²) >= 11 is 0. The molecule has 0 radical (unpaired) electrons. The van der Waals surface area contributed by atoms with E-state index in [0.717, 1.165) is 24.0 Å². The Balaban J connectivity index is 1.57. The monoisotopic (exact) mass is 369 g/mol. The number of rotatable bonds is 4. The van der Waals surface area contributed by atoms with Crippen molar-refractivity contribution in [3.05, 3.63) is 0 Å². The molecule has 4 fully saturated rings. The Labute approximate surface area is 137 Å². The molecule has 0 aliphatic heterocycles. The standard InChI is InChI=1S/C14H18F3NO5S/c15-14(16,17)24(21,22)18-11(19)7-23-12(20)13-4-8-1-9(5-13)3-10(2-8)6-13/h8-10H,1-7H2,(H,18,19). The molecular formula is C14H18F3NO5S. The van der Waals surface area contributed by atoms with Crippen LogP contribution in [0.5, 0.6) is 0 Å². The molecule has 4 rings (SSSR count). The lowest BCUT2D eigenvalue weighted by Crippen LogP contribution is -2.51. The van der Waals surface area contributed by atoms with Gasteiger partial charge in [-0.15, -0.1) is 0 Å². The van der Waals surface area contributed by atoms with Crippen LogP contribution in [0.25, 0.3) is 0 Å². The molecular weight excluding hydrogens is 351 g/mol. The fourth-order valence-corrected chi connectivity index (χ4v) is 5.36. The lowest BCUT2D eigenvalue weighted by atomic mass is 9.49. The quantitative estimate of drug-likeness (QED) is 0.762. The van der Waals surface area contributed by atoms with Crippen molar-refractivity contribution in [2.75, 3.05) is 6.61 Å². The fraction of sp³-hybridized carbons (Fsp3) is 0.857. The maximum atomic E-state index is 12.4. The van der Waals surface area contributed by atoms with Crippen LogP contribution in [-0.2, 0) is 24.3 Å². The molecule has 6 nitrogen and oxygen atoms in total. The lowest BCUT2D eigenvalue weighted by molar-refractivity contribution is -0.173. The number of halogens is 3. The van der Waals surface area contributed by atoms with E-state index in [9.17, 15) is 31.2 Å². The summed E-state index contributed by atoms with van der Waals surface area (Å²) in [6, 6.07) is 0. The van der Waals surface area contributed by atoms with Gasteiger partial charge in [0.25, 0.3) is 5.91 Å². The average Bonchev–Trinajstić information content (AvgIpc) is 2.41. The van der Waals surface area contributed by atoms with Gasteiger partial charge in [-0.1, -0.05) is 0 Å². The van der Waals surface area contributed by atoms with Crippen molar-refractivity contribution in [2.24, 2.45) is 23.2 Å². The molecule has 136 valence electrons. The zero-order valence-corrected chi connectivity index (χ0v) is 13.6. The maximum Gasteiger partial charge on any atom is 0.516 e. The van der Waals surface area contributed by atoms with Crippen LogP contribution in [0.1, 0.15) is 38.5 Å². The van der Waals surface area contributed by atoms with Crippen LogP contribution in [0.15, 0.2) is 0 Å². The highest BCUT2D eigenvalue weighted by atomic mass is 32.2. The first-order chi connectivity index (χ1) is 11.0. The second-order valence-electron chi connectivity index (χ2n) is 7.25. The number of ether oxygens (including phenoxy) is 1. The van der Waals surface area contributed by atoms with Crippen molar-refractivity contribution in [3.8, 4) is 0 Å². The molecule has 0 unspecified atom stereocenters. The molecule has 0 aromatic carbocycles. The van der Waals surface area contributed by atoms with Gasteiger partial charge in [-0.05, 0) is 56.3 Å². The molecule has 1 N–H and O–H groups in total. The molecule has 0 heterocycles. The van der Waals surface area contributed by atoms with Gasteiger partial charge in [-0.25, -0.2) is 4.72 Å². The lowest BCUT2D eigenvalue weighted by Gasteiger charge is -2.55. The SMILES string of the molecule is O=C(COC(=O)C12CC3CC(CC(C3)C1)C2)NS(=O)(=O)C(F)(F)F. The van der Waals surface area contributed by atoms with E-state index in [4.69, 9.17) is 4.74 Å². The number of hydrogen-bond donors (Lipinski definition) is 1. The van der Waals surface area contributed by atoms with Gasteiger partial charge in [0.1, 0.15) is 0 Å². The average molecular weight is 369 g/mol. The van der Waals surface area contributed by atoms with E-state index in [0.29, 0.717) is 37.0 Å². The summed E-state index contributed by atoms with van der Waals surface area (Å²) in [7, 11) is -5.78. The molecule has 0 aromatic heterocycles. The van der Waals surface area contributed by atoms with E-state index in [-0.39, 0.29) is 0 Å². The van der Waals surface area contributed by atoms with Crippen LogP contribution in [0, 0.1) is 23.2 Å². The van der Waals surface area contributed by atoms with E-state index in [1.54, 1.807) is 0 Å². The molecule has 4 aliphatic carbocycles. The number of carbonyl (C=O) groups excluding carboxylic acids is 2. The second-order valence-corrected chi connectivity index (χ2v) is 8.92. The van der Waals surface area contributed by atoms with E-state index in [1.165, 1.54) is 0 Å². The molecule has 0 spiro atoms. The maximum absolute atomic E-state index is 12.4. The predicted octanol–water partition coefficient (Wildman–Crippen LogP) is 1.71. The summed E-state index contributed by atoms with van der Waals surface area (Å²) in [4.78, 5) is 23.8. The van der Waals surface area contributed by atoms with Crippen molar-refractivity contribution < 1.29 is 35.9 Å². The summed E-state index contributed by atoms with van der Waals surface area (Å²) in [6.45, 7) is -1.03. The van der Waals surface area contributed by atoms with Crippen molar-refractivity contribution in [3.63, 3.8) is 0 Å². The first-order valence-electron chi connectivity index (χ1n) is 7.80. The normalized spacial score (nSPS) is 34.9. The van der Waals surface area contributed by atoms with Gasteiger partial charge in [0.05, 0.1) is 5.41 Å². The van der Waals surface area contributed by atoms with Gasteiger partial charge >= 0.3 is 21.5 Å². The highest BCUT2D eigenvalue weighted by Gasteiger charge is 2.55. The van der Waals surface area contributed by atoms with Gasteiger partial charge < -0.3 is 4.74 Å². The van der Waals surface area contributed by atoms with Gasteiger partial charge in [-0.3, -0.25) is 9.59 Å². The predicted molar refractivity (Wildman–Crippen MR) is 74.7 cm³/mol. The topological polar surface area (TPSA) is 89.5 Å². The number of amides is 1. The van der Waals surface area contributed by atoms with Crippen molar-refractivity contribution in [1.29, 1.82) is 0 Å². The van der Waals surface area contributed by atoms with Crippen LogP contribution in [0.2, 0.25) is 0 Å². The molecule has 0 saturated heterocycles. The molecule has 0 aromatic rings. The van der Waals surface area contributed by atoms with Crippen molar-refractivity contribution in [1.82, 2.24) is 4.72 Å². The number of alkyl halides is 3. The molecule has 1 amide bonds. The van der Waals surface area contributed by atoms with Gasteiger partial charge in [0, 0.05) is 0 Å². The van der Waals surface area contributed by atoms with Crippen molar-refractivity contribution in [2.45, 2.75) is 44.0 Å². The molecule has 4 bridgehead atoms. The largest absolute Gasteiger partial charge is 0.516 e. The van der Waals surface area contributed by atoms with Gasteiger partial charge in [-0.2, -0.15) is 21.6 Å². The number of nitrogens with one attached hydrogen (secondary N) is 1. The Bertz CT molecular complexity index is 623. The third-order valence-corrected chi connectivity index (χ3v) is 6.46. The number of sulfonamides is 1. The molecule has 4 saturated carbocycles. The van der Waals surface area contributed by atoms with Gasteiger partial charge in [0.2, 0.25) is 0 Å². The van der Waals surface area contributed by atoms with Crippen molar-refractivity contribution >= 4 is 21.9 Å². The third kappa shape index (κ3) is 3.12. The zero-order chi connectivity index (χ0) is 17.8. The first kappa shape index (κ1) is 17.5. The number of carbonyl (C=O) groups is 2. The van der Waals surface area contributed by atoms with Crippen LogP contribution < -0.4 is 4.72 Å². The minimum Gasteiger partial charge on any atom is -0.455 e. The van der Waals surface area contributed by atoms with E-state index in [2.05, 4.69) is 0 Å². The van der Waals surface area contributed by atoms with Crippen LogP contribution in [0.3, 0.4) is 0 Å². The zero-order valence-electron chi connectivity index (χ0n) is 12.8. The third-order valence-electron chi connectivity index (χ3n) is 5.36. The Morgan fingerprint density at radius 3 is 1.92 bits per heavy atom. The summed E-state index contributed by atoms with van der Waals surface area (Å²) < 4.78 is 63.9.